The number of halogens is 2. The molecule has 8 nitrogen and oxygen atoms in total. The third-order valence-electron chi connectivity index (χ3n) is 4.00. The first-order valence-corrected chi connectivity index (χ1v) is 11.4. The molecule has 0 aliphatic carbocycles. The fourth-order valence-corrected chi connectivity index (χ4v) is 4.56. The van der Waals surface area contributed by atoms with E-state index in [-0.39, 0.29) is 24.4 Å². The lowest BCUT2D eigenvalue weighted by Crippen LogP contribution is -2.16. The lowest BCUT2D eigenvalue weighted by molar-refractivity contribution is 0.102. The van der Waals surface area contributed by atoms with Crippen molar-refractivity contribution in [2.45, 2.75) is 13.3 Å². The number of fused-ring (bicyclic) bond motifs is 1. The Bertz CT molecular complexity index is 1090. The zero-order valence-electron chi connectivity index (χ0n) is 15.9. The van der Waals surface area contributed by atoms with E-state index in [2.05, 4.69) is 25.3 Å². The van der Waals surface area contributed by atoms with Crippen molar-refractivity contribution in [3.63, 3.8) is 0 Å². The minimum Gasteiger partial charge on any atom is -0.395 e. The molecule has 30 heavy (non-hydrogen) atoms. The smallest absolute Gasteiger partial charge is 0.258 e. The quantitative estimate of drug-likeness (QED) is 0.291. The summed E-state index contributed by atoms with van der Waals surface area (Å²) in [6.45, 7) is 2.00. The van der Waals surface area contributed by atoms with Crippen LogP contribution in [0.1, 0.15) is 23.7 Å². The summed E-state index contributed by atoms with van der Waals surface area (Å²) in [5, 5.41) is 15.6. The maximum absolute atomic E-state index is 14.8. The van der Waals surface area contributed by atoms with Gasteiger partial charge in [-0.25, -0.2) is 23.5 Å². The fraction of sp³-hybridized carbons (Fsp3) is 0.278. The molecule has 0 bridgehead atoms. The molecule has 1 unspecified atom stereocenters. The molecule has 0 aliphatic heterocycles. The number of carbonyl (C=O) groups excluding carboxylic acids is 1. The maximum Gasteiger partial charge on any atom is 0.258 e. The third kappa shape index (κ3) is 4.71. The first-order valence-electron chi connectivity index (χ1n) is 9.03. The largest absolute Gasteiger partial charge is 0.395 e. The molecule has 3 rings (SSSR count). The number of hydrogen-bond donors (Lipinski definition) is 4. The Morgan fingerprint density at radius 3 is 2.83 bits per heavy atom. The molecule has 1 amide bonds. The summed E-state index contributed by atoms with van der Waals surface area (Å²) in [5.41, 5.74) is -0.362. The summed E-state index contributed by atoms with van der Waals surface area (Å²) < 4.78 is 43.9. The van der Waals surface area contributed by atoms with Gasteiger partial charge in [0.25, 0.3) is 5.91 Å². The summed E-state index contributed by atoms with van der Waals surface area (Å²) in [6.07, 6.45) is 1.89. The standard InChI is InChI=1S/C18H19F2N5O3S2/c1-2-7-30(28)25-12-4-3-11(19)15(13(12)20)24-18(27)10-8-29-16-14(10)22-9-23-17(16)21-5-6-26/h3-4,8-9,26H,2,5-7H2,1H3,(H,24,27)(H,25,28)(H,21,22,23)/p+1. The molecule has 0 radical (unpaired) electrons. The van der Waals surface area contributed by atoms with Crippen molar-refractivity contribution < 1.29 is 22.9 Å². The Labute approximate surface area is 177 Å². The molecule has 1 atom stereocenters. The highest BCUT2D eigenvalue weighted by Gasteiger charge is 2.22. The van der Waals surface area contributed by atoms with Crippen LogP contribution in [0.15, 0.2) is 23.8 Å². The second-order valence-electron chi connectivity index (χ2n) is 6.15. The molecule has 1 aromatic carbocycles. The van der Waals surface area contributed by atoms with Gasteiger partial charge in [0.1, 0.15) is 35.1 Å². The van der Waals surface area contributed by atoms with Crippen LogP contribution in [0.2, 0.25) is 0 Å². The van der Waals surface area contributed by atoms with Crippen LogP contribution in [-0.2, 0) is 15.2 Å². The van der Waals surface area contributed by atoms with Gasteiger partial charge in [0.2, 0.25) is 0 Å². The fourth-order valence-electron chi connectivity index (χ4n) is 2.64. The van der Waals surface area contributed by atoms with E-state index in [1.165, 1.54) is 23.0 Å². The normalized spacial score (nSPS) is 12.0. The second-order valence-corrected chi connectivity index (χ2v) is 8.46. The summed E-state index contributed by atoms with van der Waals surface area (Å²) in [7, 11) is -1.90. The van der Waals surface area contributed by atoms with E-state index in [0.717, 1.165) is 12.1 Å². The van der Waals surface area contributed by atoms with Crippen LogP contribution in [0.3, 0.4) is 0 Å². The van der Waals surface area contributed by atoms with Crippen LogP contribution in [0.5, 0.6) is 0 Å². The van der Waals surface area contributed by atoms with Crippen molar-refractivity contribution in [3.8, 4) is 0 Å². The van der Waals surface area contributed by atoms with Crippen LogP contribution >= 0.6 is 11.3 Å². The molecule has 0 saturated carbocycles. The minimum atomic E-state index is -1.90. The van der Waals surface area contributed by atoms with E-state index in [1.807, 2.05) is 6.92 Å². The van der Waals surface area contributed by atoms with Gasteiger partial charge < -0.3 is 15.7 Å². The van der Waals surface area contributed by atoms with E-state index >= 15 is 0 Å². The van der Waals surface area contributed by atoms with Gasteiger partial charge in [-0.1, -0.05) is 11.1 Å². The number of amides is 1. The molecule has 0 aliphatic rings. The molecule has 0 spiro atoms. The molecular weight excluding hydrogens is 436 g/mol. The number of aromatic nitrogens is 2. The van der Waals surface area contributed by atoms with Crippen molar-refractivity contribution in [1.29, 1.82) is 0 Å². The summed E-state index contributed by atoms with van der Waals surface area (Å²) >= 11 is 1.19. The summed E-state index contributed by atoms with van der Waals surface area (Å²) in [4.78, 5) is 20.9. The van der Waals surface area contributed by atoms with Gasteiger partial charge >= 0.3 is 0 Å². The van der Waals surface area contributed by atoms with Crippen molar-refractivity contribution >= 4 is 55.6 Å². The van der Waals surface area contributed by atoms with Crippen LogP contribution in [0, 0.1) is 11.6 Å². The van der Waals surface area contributed by atoms with Gasteiger partial charge in [-0.05, 0) is 18.6 Å². The Morgan fingerprint density at radius 2 is 2.10 bits per heavy atom. The highest BCUT2D eigenvalue weighted by Crippen LogP contribution is 2.31. The molecule has 2 heterocycles. The number of carbonyl (C=O) groups is 1. The first-order chi connectivity index (χ1) is 14.5. The number of thiophene rings is 1. The highest BCUT2D eigenvalue weighted by molar-refractivity contribution is 7.86. The number of hydrogen-bond acceptors (Lipinski definition) is 7. The molecule has 4 N–H and O–H groups in total. The number of anilines is 3. The summed E-state index contributed by atoms with van der Waals surface area (Å²) in [5.74, 6) is -1.97. The van der Waals surface area contributed by atoms with E-state index in [9.17, 15) is 17.8 Å². The average molecular weight is 457 g/mol. The lowest BCUT2D eigenvalue weighted by Gasteiger charge is -2.10. The summed E-state index contributed by atoms with van der Waals surface area (Å²) in [6, 6.07) is 2.12. The number of aliphatic hydroxyl groups excluding tert-OH is 1. The van der Waals surface area contributed by atoms with Gasteiger partial charge in [0, 0.05) is 11.9 Å². The Kier molecular flexibility index (Phi) is 7.24. The van der Waals surface area contributed by atoms with Gasteiger partial charge in [0.05, 0.1) is 22.4 Å². The van der Waals surface area contributed by atoms with Gasteiger partial charge in [-0.2, -0.15) is 0 Å². The van der Waals surface area contributed by atoms with Crippen molar-refractivity contribution in [1.82, 2.24) is 9.97 Å². The number of rotatable bonds is 9. The zero-order valence-corrected chi connectivity index (χ0v) is 17.6. The Morgan fingerprint density at radius 1 is 1.30 bits per heavy atom. The highest BCUT2D eigenvalue weighted by atomic mass is 32.2. The third-order valence-corrected chi connectivity index (χ3v) is 6.32. The van der Waals surface area contributed by atoms with Gasteiger partial charge in [-0.3, -0.25) is 4.79 Å². The molecule has 2 aromatic heterocycles. The topological polar surface area (TPSA) is 116 Å². The minimum absolute atomic E-state index is 0.100. The Balaban J connectivity index is 1.88. The van der Waals surface area contributed by atoms with Crippen LogP contribution in [-0.4, -0.2) is 39.9 Å². The molecule has 3 aromatic rings. The van der Waals surface area contributed by atoms with Crippen LogP contribution < -0.4 is 15.4 Å². The molecule has 0 saturated heterocycles. The predicted octanol–water partition coefficient (Wildman–Crippen LogP) is 3.06. The second kappa shape index (κ2) is 9.87. The molecule has 12 heteroatoms. The predicted molar refractivity (Wildman–Crippen MR) is 116 cm³/mol. The van der Waals surface area contributed by atoms with E-state index in [1.54, 1.807) is 0 Å². The van der Waals surface area contributed by atoms with Crippen molar-refractivity contribution in [2.75, 3.05) is 34.3 Å². The van der Waals surface area contributed by atoms with Crippen molar-refractivity contribution in [3.05, 3.63) is 41.0 Å². The first kappa shape index (κ1) is 22.0. The molecule has 0 fully saturated rings. The number of nitrogens with zero attached hydrogens (tertiary/aromatic N) is 2. The van der Waals surface area contributed by atoms with E-state index < -0.39 is 34.2 Å². The monoisotopic (exact) mass is 456 g/mol. The number of thiol groups is 1. The van der Waals surface area contributed by atoms with E-state index in [4.69, 9.17) is 5.11 Å². The lowest BCUT2D eigenvalue weighted by atomic mass is 10.2. The van der Waals surface area contributed by atoms with Crippen LogP contribution in [0.4, 0.5) is 26.0 Å². The zero-order chi connectivity index (χ0) is 21.7. The number of aliphatic hydroxyl groups is 1. The number of nitrogens with one attached hydrogen (secondary N) is 3. The van der Waals surface area contributed by atoms with Crippen LogP contribution in [0.25, 0.3) is 10.2 Å². The Hall–Kier alpha value is -2.70. The van der Waals surface area contributed by atoms with Gasteiger partial charge in [0.15, 0.2) is 16.8 Å². The van der Waals surface area contributed by atoms with Gasteiger partial charge in [-0.15, -0.1) is 11.3 Å². The van der Waals surface area contributed by atoms with Crippen molar-refractivity contribution in [2.24, 2.45) is 0 Å². The average Bonchev–Trinajstić information content (AvgIpc) is 3.16. The number of benzene rings is 1. The molecular formula is C18H20F2N5O3S2+. The maximum atomic E-state index is 14.8. The van der Waals surface area contributed by atoms with E-state index in [0.29, 0.717) is 28.2 Å². The SMILES string of the molecule is CCC[SH+](=O)Nc1ccc(F)c(NC(=O)c2csc3c(NCCO)ncnc23)c1F. The molecule has 160 valence electrons.